The van der Waals surface area contributed by atoms with Gasteiger partial charge in [0.15, 0.2) is 0 Å². The van der Waals surface area contributed by atoms with Crippen molar-refractivity contribution in [2.75, 3.05) is 4.72 Å². The molecule has 0 saturated heterocycles. The summed E-state index contributed by atoms with van der Waals surface area (Å²) in [6, 6.07) is 9.72. The Morgan fingerprint density at radius 1 is 0.947 bits per heavy atom. The van der Waals surface area contributed by atoms with Gasteiger partial charge in [0.05, 0.1) is 15.7 Å². The second-order valence-corrected chi connectivity index (χ2v) is 6.07. The van der Waals surface area contributed by atoms with Gasteiger partial charge in [-0.1, -0.05) is 41.4 Å². The molecule has 0 aliphatic heterocycles. The van der Waals surface area contributed by atoms with E-state index in [-0.39, 0.29) is 20.6 Å². The van der Waals surface area contributed by atoms with Gasteiger partial charge in [-0.2, -0.15) is 0 Å². The summed E-state index contributed by atoms with van der Waals surface area (Å²) in [6.45, 7) is 0. The Morgan fingerprint density at radius 2 is 1.53 bits per heavy atom. The van der Waals surface area contributed by atoms with E-state index in [4.69, 9.17) is 23.2 Å². The van der Waals surface area contributed by atoms with Gasteiger partial charge < -0.3 is 0 Å². The van der Waals surface area contributed by atoms with Crippen LogP contribution in [0.15, 0.2) is 47.4 Å². The van der Waals surface area contributed by atoms with Crippen molar-refractivity contribution >= 4 is 38.9 Å². The first kappa shape index (κ1) is 14.1. The van der Waals surface area contributed by atoms with Gasteiger partial charge in [-0.05, 0) is 24.3 Å². The van der Waals surface area contributed by atoms with E-state index in [0.29, 0.717) is 0 Å². The van der Waals surface area contributed by atoms with E-state index in [9.17, 15) is 12.8 Å². The maximum atomic E-state index is 13.4. The highest BCUT2D eigenvalue weighted by Crippen LogP contribution is 2.30. The largest absolute Gasteiger partial charge is 0.277 e. The maximum Gasteiger partial charge on any atom is 0.264 e. The van der Waals surface area contributed by atoms with Crippen LogP contribution in [0.3, 0.4) is 0 Å². The summed E-state index contributed by atoms with van der Waals surface area (Å²) < 4.78 is 39.9. The predicted molar refractivity (Wildman–Crippen MR) is 73.7 cm³/mol. The van der Waals surface area contributed by atoms with Crippen LogP contribution in [0.2, 0.25) is 10.0 Å². The van der Waals surface area contributed by atoms with Crippen LogP contribution in [0.25, 0.3) is 0 Å². The van der Waals surface area contributed by atoms with Crippen LogP contribution in [0.5, 0.6) is 0 Å². The zero-order valence-corrected chi connectivity index (χ0v) is 11.7. The van der Waals surface area contributed by atoms with E-state index < -0.39 is 15.8 Å². The van der Waals surface area contributed by atoms with Crippen LogP contribution in [0.1, 0.15) is 0 Å². The molecule has 0 spiro atoms. The van der Waals surface area contributed by atoms with Crippen LogP contribution in [0, 0.1) is 5.82 Å². The van der Waals surface area contributed by atoms with E-state index in [1.54, 1.807) is 0 Å². The smallest absolute Gasteiger partial charge is 0.264 e. The number of nitrogens with one attached hydrogen (secondary N) is 1. The average Bonchev–Trinajstić information content (AvgIpc) is 2.31. The number of hydrogen-bond acceptors (Lipinski definition) is 2. The van der Waals surface area contributed by atoms with Gasteiger partial charge in [0.2, 0.25) is 0 Å². The van der Waals surface area contributed by atoms with Gasteiger partial charge >= 0.3 is 0 Å². The first-order valence-electron chi connectivity index (χ1n) is 5.13. The monoisotopic (exact) mass is 319 g/mol. The van der Waals surface area contributed by atoms with Crippen LogP contribution in [-0.4, -0.2) is 8.42 Å². The van der Waals surface area contributed by atoms with Crippen molar-refractivity contribution < 1.29 is 12.8 Å². The van der Waals surface area contributed by atoms with Gasteiger partial charge in [0, 0.05) is 0 Å². The molecule has 0 aliphatic carbocycles. The number of para-hydroxylation sites is 1. The van der Waals surface area contributed by atoms with Crippen LogP contribution in [0.4, 0.5) is 10.1 Å². The number of rotatable bonds is 3. The molecule has 2 aromatic carbocycles. The van der Waals surface area contributed by atoms with Crippen molar-refractivity contribution in [3.05, 3.63) is 58.3 Å². The zero-order valence-electron chi connectivity index (χ0n) is 9.40. The molecule has 1 N–H and O–H groups in total. The number of hydrogen-bond donors (Lipinski definition) is 1. The molecule has 0 aromatic heterocycles. The Balaban J connectivity index is 2.47. The summed E-state index contributed by atoms with van der Waals surface area (Å²) in [5.41, 5.74) is -0.168. The SMILES string of the molecule is O=S(=O)(Nc1ccccc1F)c1c(Cl)cccc1Cl. The lowest BCUT2D eigenvalue weighted by molar-refractivity contribution is 0.598. The van der Waals surface area contributed by atoms with Crippen molar-refractivity contribution in [3.63, 3.8) is 0 Å². The summed E-state index contributed by atoms with van der Waals surface area (Å²) in [5.74, 6) is -0.686. The van der Waals surface area contributed by atoms with Crippen molar-refractivity contribution in [3.8, 4) is 0 Å². The Labute approximate surface area is 120 Å². The summed E-state index contributed by atoms with van der Waals surface area (Å²) in [5, 5.41) is -0.0623. The second-order valence-electron chi connectivity index (χ2n) is 3.64. The lowest BCUT2D eigenvalue weighted by Gasteiger charge is -2.11. The fourth-order valence-electron chi connectivity index (χ4n) is 1.48. The fraction of sp³-hybridized carbons (Fsp3) is 0. The molecule has 19 heavy (non-hydrogen) atoms. The summed E-state index contributed by atoms with van der Waals surface area (Å²) in [6.07, 6.45) is 0. The number of sulfonamides is 1. The molecule has 0 fully saturated rings. The molecule has 0 saturated carbocycles. The first-order valence-corrected chi connectivity index (χ1v) is 7.37. The number of anilines is 1. The van der Waals surface area contributed by atoms with Gasteiger partial charge in [-0.15, -0.1) is 0 Å². The van der Waals surface area contributed by atoms with E-state index in [2.05, 4.69) is 4.72 Å². The van der Waals surface area contributed by atoms with Crippen molar-refractivity contribution in [2.45, 2.75) is 4.90 Å². The van der Waals surface area contributed by atoms with E-state index in [1.807, 2.05) is 0 Å². The van der Waals surface area contributed by atoms with Crippen LogP contribution in [-0.2, 0) is 10.0 Å². The quantitative estimate of drug-likeness (QED) is 0.931. The Bertz CT molecular complexity index is 699. The highest BCUT2D eigenvalue weighted by molar-refractivity contribution is 7.93. The summed E-state index contributed by atoms with van der Waals surface area (Å²) in [4.78, 5) is -0.276. The van der Waals surface area contributed by atoms with Gasteiger partial charge in [-0.3, -0.25) is 4.72 Å². The molecule has 3 nitrogen and oxygen atoms in total. The van der Waals surface area contributed by atoms with Crippen molar-refractivity contribution in [1.82, 2.24) is 0 Å². The summed E-state index contributed by atoms with van der Waals surface area (Å²) >= 11 is 11.6. The van der Waals surface area contributed by atoms with Crippen LogP contribution >= 0.6 is 23.2 Å². The van der Waals surface area contributed by atoms with E-state index in [0.717, 1.165) is 6.07 Å². The highest BCUT2D eigenvalue weighted by Gasteiger charge is 2.22. The van der Waals surface area contributed by atoms with Crippen molar-refractivity contribution in [1.29, 1.82) is 0 Å². The zero-order chi connectivity index (χ0) is 14.0. The molecule has 0 atom stereocenters. The molecule has 2 rings (SSSR count). The van der Waals surface area contributed by atoms with Crippen LogP contribution < -0.4 is 4.72 Å². The Morgan fingerprint density at radius 3 is 2.11 bits per heavy atom. The molecule has 2 aromatic rings. The third-order valence-corrected chi connectivity index (χ3v) is 4.63. The molecule has 0 heterocycles. The third-order valence-electron chi connectivity index (χ3n) is 2.31. The molecule has 0 unspecified atom stereocenters. The van der Waals surface area contributed by atoms with E-state index in [1.165, 1.54) is 36.4 Å². The topological polar surface area (TPSA) is 46.2 Å². The highest BCUT2D eigenvalue weighted by atomic mass is 35.5. The average molecular weight is 320 g/mol. The number of halogens is 3. The predicted octanol–water partition coefficient (Wildman–Crippen LogP) is 3.93. The molecular weight excluding hydrogens is 312 g/mol. The second kappa shape index (κ2) is 5.36. The minimum atomic E-state index is -4.05. The first-order chi connectivity index (χ1) is 8.92. The normalized spacial score (nSPS) is 11.3. The fourth-order valence-corrected chi connectivity index (χ4v) is 3.69. The molecule has 0 radical (unpaired) electrons. The van der Waals surface area contributed by atoms with Gasteiger partial charge in [-0.25, -0.2) is 12.8 Å². The Hall–Kier alpha value is -1.30. The molecule has 100 valence electrons. The minimum Gasteiger partial charge on any atom is -0.277 e. The van der Waals surface area contributed by atoms with Gasteiger partial charge in [0.1, 0.15) is 10.7 Å². The number of benzene rings is 2. The lowest BCUT2D eigenvalue weighted by atomic mass is 10.3. The standard InChI is InChI=1S/C12H8Cl2FNO2S/c13-8-4-3-5-9(14)12(8)19(17,18)16-11-7-2-1-6-10(11)15/h1-7,16H. The molecule has 0 aliphatic rings. The molecule has 0 bridgehead atoms. The molecular formula is C12H8Cl2FNO2S. The summed E-state index contributed by atoms with van der Waals surface area (Å²) in [7, 11) is -4.05. The third kappa shape index (κ3) is 3.00. The lowest BCUT2D eigenvalue weighted by Crippen LogP contribution is -2.15. The molecule has 0 amide bonds. The van der Waals surface area contributed by atoms with E-state index >= 15 is 0 Å². The molecule has 7 heteroatoms. The van der Waals surface area contributed by atoms with Crippen molar-refractivity contribution in [2.24, 2.45) is 0 Å². The minimum absolute atomic E-state index is 0.0312. The maximum absolute atomic E-state index is 13.4. The Kier molecular flexibility index (Phi) is 3.99. The van der Waals surface area contributed by atoms with Gasteiger partial charge in [0.25, 0.3) is 10.0 Å².